The molecule has 1 saturated heterocycles. The zero-order valence-corrected chi connectivity index (χ0v) is 26.6. The third kappa shape index (κ3) is 5.59. The first-order valence-electron chi connectivity index (χ1n) is 15.1. The molecular weight excluding hydrogens is 580 g/mol. The largest absolute Gasteiger partial charge is 0.497 e. The molecule has 1 saturated carbocycles. The van der Waals surface area contributed by atoms with Crippen LogP contribution in [0.1, 0.15) is 41.3 Å². The van der Waals surface area contributed by atoms with Gasteiger partial charge in [-0.05, 0) is 79.0 Å². The highest BCUT2D eigenvalue weighted by molar-refractivity contribution is 7.84. The molecule has 3 heterocycles. The monoisotopic (exact) mass is 620 g/mol. The highest BCUT2D eigenvalue weighted by Gasteiger charge is 2.54. The number of carbonyl (C=O) groups is 2. The Morgan fingerprint density at radius 1 is 1.09 bits per heavy atom. The summed E-state index contributed by atoms with van der Waals surface area (Å²) < 4.78 is 34.7. The van der Waals surface area contributed by atoms with Crippen molar-refractivity contribution in [1.29, 1.82) is 0 Å². The maximum Gasteiger partial charge on any atom is 0.331 e. The molecule has 2 aliphatic heterocycles. The van der Waals surface area contributed by atoms with Crippen LogP contribution in [0.15, 0.2) is 47.4 Å². The standard InChI is InChI=1S/C34H40N2O7S/c1-19-6-7-20(14-29(19)44(5)39)8-11-30(37)43-28-15-21-18-36-13-12-24-23-10-9-22(40-2)16-26(23)35-32(24)27(36)17-25(21)31(33(28)41-3)34(38)42-4/h6-11,14,16,21,25,27-28,31,33,35H,12-13,15,17-18H2,1-5H3/b11-8+/t21-,25+,27-,28-,31+,33+,44?/m1/s1. The third-order valence-corrected chi connectivity index (χ3v) is 10.9. The predicted molar refractivity (Wildman–Crippen MR) is 168 cm³/mol. The highest BCUT2D eigenvalue weighted by atomic mass is 32.2. The molecule has 6 rings (SSSR count). The minimum Gasteiger partial charge on any atom is -0.497 e. The summed E-state index contributed by atoms with van der Waals surface area (Å²) in [6, 6.07) is 11.9. The van der Waals surface area contributed by atoms with Gasteiger partial charge in [0.1, 0.15) is 18.0 Å². The average Bonchev–Trinajstić information content (AvgIpc) is 3.40. The van der Waals surface area contributed by atoms with Crippen LogP contribution in [0.4, 0.5) is 0 Å². The van der Waals surface area contributed by atoms with E-state index in [9.17, 15) is 13.8 Å². The molecule has 1 N–H and O–H groups in total. The number of H-pyrrole nitrogens is 1. The molecule has 0 bridgehead atoms. The summed E-state index contributed by atoms with van der Waals surface area (Å²) in [5.74, 6) is -0.464. The molecule has 0 spiro atoms. The summed E-state index contributed by atoms with van der Waals surface area (Å²) in [4.78, 5) is 33.3. The number of ether oxygens (including phenoxy) is 4. The van der Waals surface area contributed by atoms with Crippen molar-refractivity contribution in [1.82, 2.24) is 9.88 Å². The Labute approximate surface area is 260 Å². The van der Waals surface area contributed by atoms with Crippen molar-refractivity contribution < 1.29 is 32.7 Å². The van der Waals surface area contributed by atoms with Gasteiger partial charge in [-0.3, -0.25) is 13.9 Å². The number of rotatable bonds is 7. The maximum atomic E-state index is 13.3. The number of aryl methyl sites for hydroxylation is 1. The van der Waals surface area contributed by atoms with E-state index in [4.69, 9.17) is 18.9 Å². The van der Waals surface area contributed by atoms with Gasteiger partial charge in [-0.1, -0.05) is 12.1 Å². The van der Waals surface area contributed by atoms with Crippen LogP contribution in [0.2, 0.25) is 0 Å². The Bertz CT molecular complexity index is 1630. The molecule has 234 valence electrons. The molecule has 44 heavy (non-hydrogen) atoms. The number of aromatic amines is 1. The van der Waals surface area contributed by atoms with E-state index in [1.54, 1.807) is 26.6 Å². The number of nitrogens with one attached hydrogen (secondary N) is 1. The summed E-state index contributed by atoms with van der Waals surface area (Å²) in [6.07, 6.45) is 5.76. The lowest BCUT2D eigenvalue weighted by Gasteiger charge is -2.52. The van der Waals surface area contributed by atoms with Gasteiger partial charge >= 0.3 is 11.9 Å². The number of nitrogens with zero attached hydrogens (tertiary/aromatic N) is 1. The van der Waals surface area contributed by atoms with Crippen molar-refractivity contribution in [3.8, 4) is 5.75 Å². The summed E-state index contributed by atoms with van der Waals surface area (Å²) >= 11 is 0. The average molecular weight is 621 g/mol. The summed E-state index contributed by atoms with van der Waals surface area (Å²) in [6.45, 7) is 3.62. The van der Waals surface area contributed by atoms with E-state index in [0.29, 0.717) is 6.42 Å². The molecule has 10 heteroatoms. The van der Waals surface area contributed by atoms with E-state index >= 15 is 0 Å². The maximum absolute atomic E-state index is 13.3. The smallest absolute Gasteiger partial charge is 0.331 e. The summed E-state index contributed by atoms with van der Waals surface area (Å²) in [5, 5.41) is 1.22. The van der Waals surface area contributed by atoms with Crippen LogP contribution in [0, 0.1) is 24.7 Å². The highest BCUT2D eigenvalue weighted by Crippen LogP contribution is 2.50. The normalized spacial score (nSPS) is 27.3. The zero-order valence-electron chi connectivity index (χ0n) is 25.8. The van der Waals surface area contributed by atoms with Crippen LogP contribution in [-0.4, -0.2) is 78.9 Å². The van der Waals surface area contributed by atoms with Gasteiger partial charge in [-0.15, -0.1) is 0 Å². The number of fused-ring (bicyclic) bond motifs is 6. The Morgan fingerprint density at radius 2 is 1.91 bits per heavy atom. The number of piperidine rings is 1. The minimum atomic E-state index is -1.13. The molecule has 7 atom stereocenters. The molecule has 0 radical (unpaired) electrons. The summed E-state index contributed by atoms with van der Waals surface area (Å²) in [7, 11) is 3.51. The number of carbonyl (C=O) groups excluding carboxylic acids is 2. The van der Waals surface area contributed by atoms with Crippen molar-refractivity contribution in [2.24, 2.45) is 17.8 Å². The molecule has 0 amide bonds. The SMILES string of the molecule is COC(=O)[C@H]1[C@H]2C[C@@H]3c4[nH]c5cc(OC)ccc5c4CCN3C[C@H]2C[C@@H](OC(=O)/C=C/c2ccc(C)c(S(C)=O)c2)[C@@H]1OC. The van der Waals surface area contributed by atoms with Crippen molar-refractivity contribution >= 4 is 39.7 Å². The second-order valence-electron chi connectivity index (χ2n) is 12.1. The predicted octanol–water partition coefficient (Wildman–Crippen LogP) is 4.59. The minimum absolute atomic E-state index is 0.00642. The molecular formula is C34H40N2O7S. The zero-order chi connectivity index (χ0) is 31.1. The van der Waals surface area contributed by atoms with Crippen LogP contribution in [0.3, 0.4) is 0 Å². The van der Waals surface area contributed by atoms with Crippen LogP contribution >= 0.6 is 0 Å². The second kappa shape index (κ2) is 12.5. The van der Waals surface area contributed by atoms with Crippen molar-refractivity contribution in [2.45, 2.75) is 49.3 Å². The fourth-order valence-corrected chi connectivity index (χ4v) is 8.56. The lowest BCUT2D eigenvalue weighted by atomic mass is 9.63. The van der Waals surface area contributed by atoms with E-state index in [1.165, 1.54) is 29.8 Å². The van der Waals surface area contributed by atoms with Crippen LogP contribution in [0.5, 0.6) is 5.75 Å². The van der Waals surface area contributed by atoms with Crippen molar-refractivity contribution in [3.05, 3.63) is 64.9 Å². The molecule has 3 aliphatic rings. The molecule has 1 unspecified atom stereocenters. The van der Waals surface area contributed by atoms with Gasteiger partial charge in [0.2, 0.25) is 0 Å². The molecule has 1 aliphatic carbocycles. The lowest BCUT2D eigenvalue weighted by molar-refractivity contribution is -0.187. The van der Waals surface area contributed by atoms with Gasteiger partial charge in [-0.2, -0.15) is 0 Å². The Kier molecular flexibility index (Phi) is 8.68. The fraction of sp³-hybridized carbons (Fsp3) is 0.471. The first kappa shape index (κ1) is 30.6. The number of esters is 2. The second-order valence-corrected chi connectivity index (χ2v) is 13.5. The molecule has 2 fully saturated rings. The van der Waals surface area contributed by atoms with Crippen molar-refractivity contribution in [2.75, 3.05) is 40.7 Å². The summed E-state index contributed by atoms with van der Waals surface area (Å²) in [5.41, 5.74) is 5.30. The molecule has 9 nitrogen and oxygen atoms in total. The Balaban J connectivity index is 1.24. The van der Waals surface area contributed by atoms with Crippen LogP contribution < -0.4 is 4.74 Å². The first-order valence-corrected chi connectivity index (χ1v) is 16.6. The molecule has 1 aromatic heterocycles. The van der Waals surface area contributed by atoms with Crippen LogP contribution in [0.25, 0.3) is 17.0 Å². The Morgan fingerprint density at radius 3 is 2.64 bits per heavy atom. The van der Waals surface area contributed by atoms with E-state index in [2.05, 4.69) is 16.0 Å². The molecule has 3 aromatic rings. The van der Waals surface area contributed by atoms with Gasteiger partial charge < -0.3 is 23.9 Å². The molecule has 2 aromatic carbocycles. The van der Waals surface area contributed by atoms with Crippen molar-refractivity contribution in [3.63, 3.8) is 0 Å². The van der Waals surface area contributed by atoms with Gasteiger partial charge in [0.15, 0.2) is 0 Å². The van der Waals surface area contributed by atoms with Gasteiger partial charge in [0.25, 0.3) is 0 Å². The number of benzene rings is 2. The van der Waals surface area contributed by atoms with E-state index in [1.807, 2.05) is 37.3 Å². The number of aromatic nitrogens is 1. The van der Waals surface area contributed by atoms with Gasteiger partial charge in [-0.25, -0.2) is 4.79 Å². The van der Waals surface area contributed by atoms with Crippen LogP contribution in [-0.2, 0) is 41.0 Å². The third-order valence-electron chi connectivity index (χ3n) is 9.80. The number of hydrogen-bond donors (Lipinski definition) is 1. The first-order chi connectivity index (χ1) is 21.2. The van der Waals surface area contributed by atoms with Gasteiger partial charge in [0.05, 0.1) is 37.0 Å². The van der Waals surface area contributed by atoms with E-state index in [0.717, 1.165) is 53.2 Å². The number of methoxy groups -OCH3 is 3. The van der Waals surface area contributed by atoms with Gasteiger partial charge in [0, 0.05) is 60.1 Å². The fourth-order valence-electron chi connectivity index (χ4n) is 7.74. The number of hydrogen-bond acceptors (Lipinski definition) is 8. The van der Waals surface area contributed by atoms with E-state index in [-0.39, 0.29) is 23.8 Å². The lowest BCUT2D eigenvalue weighted by Crippen LogP contribution is -2.58. The Hall–Kier alpha value is -3.47. The quantitative estimate of drug-likeness (QED) is 0.302. The van der Waals surface area contributed by atoms with E-state index < -0.39 is 34.9 Å². The topological polar surface area (TPSA) is 107 Å².